The molecule has 1 unspecified atom stereocenters. The Hall–Kier alpha value is -1.62. The first kappa shape index (κ1) is 14.8. The number of rotatable bonds is 3. The Kier molecular flexibility index (Phi) is 3.73. The summed E-state index contributed by atoms with van der Waals surface area (Å²) in [6.45, 7) is 2.51. The van der Waals surface area contributed by atoms with Crippen LogP contribution < -0.4 is 4.74 Å². The third-order valence-electron chi connectivity index (χ3n) is 3.11. The van der Waals surface area contributed by atoms with Crippen molar-refractivity contribution in [2.24, 2.45) is 0 Å². The van der Waals surface area contributed by atoms with E-state index in [0.29, 0.717) is 23.9 Å². The standard InChI is InChI=1S/C14H13ClF2O3/c1-3-7-6-11-8(5-10(7)15)4-9(13(18)19)12(20-11)14(2,16)17/h4-6,12H,3H2,1-2H3,(H,18,19). The summed E-state index contributed by atoms with van der Waals surface area (Å²) in [5, 5.41) is 9.51. The Balaban J connectivity index is 2.57. The number of aryl methyl sites for hydroxylation is 1. The maximum Gasteiger partial charge on any atom is 0.335 e. The molecule has 0 aromatic heterocycles. The second-order valence-electron chi connectivity index (χ2n) is 4.69. The van der Waals surface area contributed by atoms with Crippen molar-refractivity contribution >= 4 is 23.6 Å². The summed E-state index contributed by atoms with van der Waals surface area (Å²) in [4.78, 5) is 11.1. The van der Waals surface area contributed by atoms with E-state index in [0.717, 1.165) is 5.56 Å². The number of fused-ring (bicyclic) bond motifs is 1. The Morgan fingerprint density at radius 3 is 2.65 bits per heavy atom. The third kappa shape index (κ3) is 2.63. The minimum Gasteiger partial charge on any atom is -0.478 e. The fraction of sp³-hybridized carbons (Fsp3) is 0.357. The van der Waals surface area contributed by atoms with Gasteiger partial charge in [0.1, 0.15) is 5.75 Å². The van der Waals surface area contributed by atoms with Crippen molar-refractivity contribution in [1.82, 2.24) is 0 Å². The van der Waals surface area contributed by atoms with Crippen LogP contribution in [0.15, 0.2) is 17.7 Å². The lowest BCUT2D eigenvalue weighted by Gasteiger charge is -2.29. The van der Waals surface area contributed by atoms with Crippen molar-refractivity contribution in [2.75, 3.05) is 0 Å². The minimum atomic E-state index is -3.30. The molecule has 20 heavy (non-hydrogen) atoms. The minimum absolute atomic E-state index is 0.225. The molecule has 0 amide bonds. The zero-order chi connectivity index (χ0) is 15.1. The molecular weight excluding hydrogens is 290 g/mol. The molecule has 6 heteroatoms. The van der Waals surface area contributed by atoms with Crippen molar-refractivity contribution < 1.29 is 23.4 Å². The number of benzene rings is 1. The van der Waals surface area contributed by atoms with Gasteiger partial charge in [0.05, 0.1) is 5.57 Å². The van der Waals surface area contributed by atoms with Gasteiger partial charge in [-0.1, -0.05) is 18.5 Å². The molecule has 0 bridgehead atoms. The van der Waals surface area contributed by atoms with Crippen LogP contribution in [-0.4, -0.2) is 23.1 Å². The smallest absolute Gasteiger partial charge is 0.335 e. The van der Waals surface area contributed by atoms with Crippen LogP contribution in [0.3, 0.4) is 0 Å². The number of carboxylic acids is 1. The Bertz CT molecular complexity index is 591. The first-order chi connectivity index (χ1) is 9.24. The molecule has 0 saturated carbocycles. The molecule has 0 spiro atoms. The van der Waals surface area contributed by atoms with E-state index in [4.69, 9.17) is 21.4 Å². The lowest BCUT2D eigenvalue weighted by molar-refractivity contribution is -0.137. The van der Waals surface area contributed by atoms with Crippen molar-refractivity contribution in [3.05, 3.63) is 33.9 Å². The second-order valence-corrected chi connectivity index (χ2v) is 5.10. The van der Waals surface area contributed by atoms with E-state index in [2.05, 4.69) is 0 Å². The van der Waals surface area contributed by atoms with Gasteiger partial charge in [0.2, 0.25) is 0 Å². The molecule has 1 heterocycles. The molecule has 1 aromatic rings. The molecule has 0 aliphatic carbocycles. The highest BCUT2D eigenvalue weighted by molar-refractivity contribution is 6.31. The van der Waals surface area contributed by atoms with Gasteiger partial charge in [-0.05, 0) is 30.2 Å². The van der Waals surface area contributed by atoms with Crippen LogP contribution in [0.1, 0.15) is 25.0 Å². The van der Waals surface area contributed by atoms with Gasteiger partial charge in [-0.3, -0.25) is 0 Å². The molecule has 1 aliphatic heterocycles. The Labute approximate surface area is 119 Å². The van der Waals surface area contributed by atoms with Gasteiger partial charge in [-0.2, -0.15) is 0 Å². The highest BCUT2D eigenvalue weighted by Crippen LogP contribution is 2.38. The van der Waals surface area contributed by atoms with E-state index in [1.165, 1.54) is 12.1 Å². The number of ether oxygens (including phenoxy) is 1. The zero-order valence-electron chi connectivity index (χ0n) is 10.9. The highest BCUT2D eigenvalue weighted by Gasteiger charge is 2.44. The fourth-order valence-electron chi connectivity index (χ4n) is 2.08. The summed E-state index contributed by atoms with van der Waals surface area (Å²) in [5.41, 5.74) is 0.672. The predicted molar refractivity (Wildman–Crippen MR) is 71.5 cm³/mol. The molecule has 2 rings (SSSR count). The third-order valence-corrected chi connectivity index (χ3v) is 3.46. The van der Waals surface area contributed by atoms with Gasteiger partial charge in [0, 0.05) is 17.5 Å². The summed E-state index contributed by atoms with van der Waals surface area (Å²) in [6.07, 6.45) is 0.00517. The Morgan fingerprint density at radius 1 is 1.50 bits per heavy atom. The van der Waals surface area contributed by atoms with Gasteiger partial charge in [0.25, 0.3) is 5.92 Å². The van der Waals surface area contributed by atoms with Crippen LogP contribution in [0, 0.1) is 0 Å². The van der Waals surface area contributed by atoms with Crippen LogP contribution in [-0.2, 0) is 11.2 Å². The lowest BCUT2D eigenvalue weighted by Crippen LogP contribution is -2.41. The van der Waals surface area contributed by atoms with E-state index in [9.17, 15) is 13.6 Å². The van der Waals surface area contributed by atoms with Gasteiger partial charge in [-0.25, -0.2) is 13.6 Å². The largest absolute Gasteiger partial charge is 0.478 e. The molecular formula is C14H13ClF2O3. The number of halogens is 3. The van der Waals surface area contributed by atoms with Crippen molar-refractivity contribution in [3.8, 4) is 5.75 Å². The van der Waals surface area contributed by atoms with Gasteiger partial charge >= 0.3 is 5.97 Å². The lowest BCUT2D eigenvalue weighted by atomic mass is 9.97. The number of hydrogen-bond acceptors (Lipinski definition) is 2. The van der Waals surface area contributed by atoms with E-state index in [1.54, 1.807) is 6.07 Å². The Morgan fingerprint density at radius 2 is 2.15 bits per heavy atom. The number of hydrogen-bond donors (Lipinski definition) is 1. The molecule has 0 fully saturated rings. The number of carboxylic acid groups (broad SMARTS) is 1. The molecule has 3 nitrogen and oxygen atoms in total. The van der Waals surface area contributed by atoms with Crippen LogP contribution in [0.5, 0.6) is 5.75 Å². The van der Waals surface area contributed by atoms with E-state index in [1.807, 2.05) is 6.92 Å². The normalized spacial score (nSPS) is 18.1. The number of carbonyl (C=O) groups is 1. The van der Waals surface area contributed by atoms with Gasteiger partial charge in [-0.15, -0.1) is 0 Å². The summed E-state index contributed by atoms with van der Waals surface area (Å²) in [5.74, 6) is -4.51. The fourth-order valence-corrected chi connectivity index (χ4v) is 2.39. The van der Waals surface area contributed by atoms with Crippen molar-refractivity contribution in [2.45, 2.75) is 32.3 Å². The molecule has 0 saturated heterocycles. The quantitative estimate of drug-likeness (QED) is 0.924. The summed E-state index contributed by atoms with van der Waals surface area (Å²) in [7, 11) is 0. The first-order valence-electron chi connectivity index (χ1n) is 6.05. The molecule has 1 atom stereocenters. The van der Waals surface area contributed by atoms with Crippen molar-refractivity contribution in [1.29, 1.82) is 0 Å². The zero-order valence-corrected chi connectivity index (χ0v) is 11.7. The average molecular weight is 303 g/mol. The second kappa shape index (κ2) is 5.05. The number of aliphatic carboxylic acids is 1. The average Bonchev–Trinajstić information content (AvgIpc) is 2.35. The summed E-state index contributed by atoms with van der Waals surface area (Å²) >= 11 is 6.03. The molecule has 108 valence electrons. The predicted octanol–water partition coefficient (Wildman–Crippen LogP) is 3.79. The monoisotopic (exact) mass is 302 g/mol. The highest BCUT2D eigenvalue weighted by atomic mass is 35.5. The van der Waals surface area contributed by atoms with Gasteiger partial charge < -0.3 is 9.84 Å². The number of alkyl halides is 2. The molecule has 1 N–H and O–H groups in total. The van der Waals surface area contributed by atoms with Crippen LogP contribution >= 0.6 is 11.6 Å². The van der Waals surface area contributed by atoms with Crippen LogP contribution in [0.25, 0.3) is 6.08 Å². The van der Waals surface area contributed by atoms with Crippen LogP contribution in [0.2, 0.25) is 5.02 Å². The van der Waals surface area contributed by atoms with Crippen molar-refractivity contribution in [3.63, 3.8) is 0 Å². The summed E-state index contributed by atoms with van der Waals surface area (Å²) < 4.78 is 32.2. The molecule has 1 aromatic carbocycles. The van der Waals surface area contributed by atoms with Gasteiger partial charge in [0.15, 0.2) is 6.10 Å². The molecule has 0 radical (unpaired) electrons. The maximum atomic E-state index is 13.5. The maximum absolute atomic E-state index is 13.5. The first-order valence-corrected chi connectivity index (χ1v) is 6.43. The molecule has 1 aliphatic rings. The summed E-state index contributed by atoms with van der Waals surface area (Å²) in [6, 6.07) is 3.11. The van der Waals surface area contributed by atoms with E-state index in [-0.39, 0.29) is 5.75 Å². The van der Waals surface area contributed by atoms with E-state index >= 15 is 0 Å². The van der Waals surface area contributed by atoms with E-state index < -0.39 is 23.6 Å². The topological polar surface area (TPSA) is 46.5 Å². The van der Waals surface area contributed by atoms with Crippen LogP contribution in [0.4, 0.5) is 8.78 Å². The SMILES string of the molecule is CCc1cc2c(cc1Cl)C=C(C(=O)O)C(C(C)(F)F)O2.